The first-order valence-corrected chi connectivity index (χ1v) is 15.1. The molecule has 1 heterocycles. The molecule has 0 saturated heterocycles. The number of rotatable bonds is 22. The second kappa shape index (κ2) is 20.8. The molecule has 204 valence electrons. The van der Waals surface area contributed by atoms with Crippen LogP contribution in [0, 0.1) is 0 Å². The molecule has 1 aliphatic rings. The van der Waals surface area contributed by atoms with Crippen LogP contribution in [0.25, 0.3) is 0 Å². The molecule has 2 atom stereocenters. The molecule has 1 rings (SSSR count). The molecule has 0 fully saturated rings. The van der Waals surface area contributed by atoms with E-state index in [0.717, 1.165) is 19.3 Å². The van der Waals surface area contributed by atoms with Gasteiger partial charge in [0.15, 0.2) is 0 Å². The first kappa shape index (κ1) is 35.9. The first-order chi connectivity index (χ1) is 16.7. The number of aliphatic hydroxyl groups is 2. The van der Waals surface area contributed by atoms with Crippen LogP contribution in [0.15, 0.2) is 17.1 Å². The van der Waals surface area contributed by atoms with Gasteiger partial charge in [-0.05, 0) is 26.2 Å². The van der Waals surface area contributed by atoms with Gasteiger partial charge in [0.25, 0.3) is 5.84 Å². The number of nitrogens with zero attached hydrogens (tertiary/aromatic N) is 2. The maximum absolute atomic E-state index is 12.8. The summed E-state index contributed by atoms with van der Waals surface area (Å²) >= 11 is 0. The van der Waals surface area contributed by atoms with Gasteiger partial charge < -0.3 is 14.8 Å². The molecule has 0 spiro atoms. The van der Waals surface area contributed by atoms with Gasteiger partial charge in [0.1, 0.15) is 25.7 Å². The van der Waals surface area contributed by atoms with Crippen molar-refractivity contribution in [1.29, 1.82) is 0 Å². The molecule has 2 unspecified atom stereocenters. The van der Waals surface area contributed by atoms with Gasteiger partial charge in [0.05, 0.1) is 29.0 Å². The van der Waals surface area contributed by atoms with Gasteiger partial charge in [-0.25, -0.2) is 13.4 Å². The smallest absolute Gasteiger partial charge is 0.748 e. The van der Waals surface area contributed by atoms with Crippen molar-refractivity contribution in [1.82, 2.24) is 0 Å². The number of Topliss-reactive ketones (excluding diaryl/α,β-unsaturated/α-hetero) is 1. The van der Waals surface area contributed by atoms with Crippen LogP contribution in [0.3, 0.4) is 0 Å². The van der Waals surface area contributed by atoms with Gasteiger partial charge in [-0.2, -0.15) is 0 Å². The van der Waals surface area contributed by atoms with Crippen LogP contribution in [0.5, 0.6) is 0 Å². The second-order valence-electron chi connectivity index (χ2n) is 9.86. The van der Waals surface area contributed by atoms with Gasteiger partial charge in [-0.3, -0.25) is 9.28 Å². The zero-order valence-electron chi connectivity index (χ0n) is 22.7. The Morgan fingerprint density at radius 3 is 2.06 bits per heavy atom. The van der Waals surface area contributed by atoms with Crippen LogP contribution in [0.4, 0.5) is 0 Å². The predicted octanol–water partition coefficient (Wildman–Crippen LogP) is 0.724. The molecule has 1 aliphatic heterocycles. The number of unbranched alkanes of at least 4 members (excludes halogenated alkanes) is 12. The van der Waals surface area contributed by atoms with Crippen molar-refractivity contribution in [2.45, 2.75) is 103 Å². The summed E-state index contributed by atoms with van der Waals surface area (Å²) in [6.45, 7) is 2.70. The molecule has 0 bridgehead atoms. The van der Waals surface area contributed by atoms with Gasteiger partial charge in [0.2, 0.25) is 5.78 Å². The topological polar surface area (TPSA) is 127 Å². The van der Waals surface area contributed by atoms with E-state index in [1.165, 1.54) is 64.2 Å². The van der Waals surface area contributed by atoms with Gasteiger partial charge >= 0.3 is 29.6 Å². The van der Waals surface area contributed by atoms with Crippen molar-refractivity contribution in [3.63, 3.8) is 0 Å². The normalized spacial score (nSPS) is 18.8. The Balaban J connectivity index is 0.0000122. The van der Waals surface area contributed by atoms with Gasteiger partial charge in [-0.1, -0.05) is 76.4 Å². The molecular weight excluding hydrogens is 491 g/mol. The summed E-state index contributed by atoms with van der Waals surface area (Å²) in [4.78, 5) is 17.2. The summed E-state index contributed by atoms with van der Waals surface area (Å²) in [5.41, 5.74) is 0. The van der Waals surface area contributed by atoms with E-state index in [4.69, 9.17) is 0 Å². The molecule has 36 heavy (non-hydrogen) atoms. The number of hydrogen-bond donors (Lipinski definition) is 2. The quantitative estimate of drug-likeness (QED) is 0.0686. The average Bonchev–Trinajstić information content (AvgIpc) is 3.18. The van der Waals surface area contributed by atoms with Crippen LogP contribution in [0.2, 0.25) is 0 Å². The fourth-order valence-corrected chi connectivity index (χ4v) is 5.50. The van der Waals surface area contributed by atoms with Crippen molar-refractivity contribution in [2.75, 3.05) is 38.5 Å². The van der Waals surface area contributed by atoms with Gasteiger partial charge in [0, 0.05) is 6.42 Å². The molecule has 0 radical (unpaired) electrons. The predicted molar refractivity (Wildman–Crippen MR) is 139 cm³/mol. The van der Waals surface area contributed by atoms with Crippen molar-refractivity contribution in [2.24, 2.45) is 4.99 Å². The maximum Gasteiger partial charge on any atom is 1.00 e. The Bertz CT molecular complexity index is 760. The largest absolute Gasteiger partial charge is 1.00 e. The fourth-order valence-electron chi connectivity index (χ4n) is 4.92. The number of aliphatic hydroxyl groups excluding tert-OH is 2. The zero-order valence-corrected chi connectivity index (χ0v) is 25.5. The Hall–Kier alpha value is -0.130. The van der Waals surface area contributed by atoms with Crippen molar-refractivity contribution in [3.8, 4) is 0 Å². The third-order valence-corrected chi connectivity index (χ3v) is 7.53. The van der Waals surface area contributed by atoms with Crippen LogP contribution in [-0.2, 0) is 14.9 Å². The summed E-state index contributed by atoms with van der Waals surface area (Å²) in [5.74, 6) is -0.724. The van der Waals surface area contributed by atoms with E-state index in [-0.39, 0.29) is 59.5 Å². The number of allylic oxidation sites excluding steroid dienone is 2. The maximum atomic E-state index is 12.8. The summed E-state index contributed by atoms with van der Waals surface area (Å²) < 4.78 is 32.9. The van der Waals surface area contributed by atoms with E-state index >= 15 is 0 Å². The number of carbonyl (C=O) groups is 1. The zero-order chi connectivity index (χ0) is 26.0. The number of hydrogen-bond acceptors (Lipinski definition) is 7. The van der Waals surface area contributed by atoms with Crippen molar-refractivity contribution in [3.05, 3.63) is 12.2 Å². The number of ketones is 1. The van der Waals surface area contributed by atoms with E-state index in [0.29, 0.717) is 25.3 Å². The SMILES string of the molecule is C/C=C/CCCCCCCCCCCCCCC(=O)C1=NCC[N+]1(CCO)CC(O)CS(=O)(=O)[O-].[Na+]. The van der Waals surface area contributed by atoms with Gasteiger partial charge in [-0.15, -0.1) is 0 Å². The molecule has 8 nitrogen and oxygen atoms in total. The van der Waals surface area contributed by atoms with Crippen LogP contribution in [0.1, 0.15) is 96.8 Å². The molecule has 2 N–H and O–H groups in total. The molecule has 0 saturated carbocycles. The minimum absolute atomic E-state index is 0. The van der Waals surface area contributed by atoms with Crippen LogP contribution < -0.4 is 29.6 Å². The molecule has 10 heteroatoms. The number of quaternary nitrogens is 1. The van der Waals surface area contributed by atoms with Crippen molar-refractivity contribution < 1.29 is 62.0 Å². The molecule has 0 aliphatic carbocycles. The third-order valence-electron chi connectivity index (χ3n) is 6.73. The van der Waals surface area contributed by atoms with E-state index in [2.05, 4.69) is 24.1 Å². The Morgan fingerprint density at radius 1 is 1.03 bits per heavy atom. The van der Waals surface area contributed by atoms with Crippen LogP contribution >= 0.6 is 0 Å². The number of aliphatic imine (C=N–C) groups is 1. The van der Waals surface area contributed by atoms with Crippen molar-refractivity contribution >= 4 is 21.7 Å². The average molecular weight is 540 g/mol. The third kappa shape index (κ3) is 16.0. The monoisotopic (exact) mass is 539 g/mol. The minimum atomic E-state index is -4.58. The molecule has 0 aromatic heterocycles. The van der Waals surface area contributed by atoms with E-state index in [1.54, 1.807) is 0 Å². The standard InChI is InChI=1S/C26H48N2O6S.Na/c1-2-3-4-5-6-7-8-9-10-11-12-13-14-15-16-17-25(31)26-27-18-19-28(26,20-21-29)22-24(30)23-35(32,33)34;/h2-3,24,29-30H,4-23H2,1H3;/q;+1/b3-2+;. The second-order valence-corrected chi connectivity index (χ2v) is 11.3. The number of amidine groups is 1. The molecule has 0 amide bonds. The first-order valence-electron chi connectivity index (χ1n) is 13.5. The Kier molecular flexibility index (Phi) is 20.7. The van der Waals surface area contributed by atoms with E-state index < -0.39 is 22.0 Å². The molecule has 0 aromatic rings. The summed E-state index contributed by atoms with van der Waals surface area (Å²) in [5, 5.41) is 19.6. The molecular formula is C26H48N2NaO6S+. The summed E-state index contributed by atoms with van der Waals surface area (Å²) in [6, 6.07) is 0. The summed E-state index contributed by atoms with van der Waals surface area (Å²) in [6.07, 6.45) is 19.0. The fraction of sp³-hybridized carbons (Fsp3) is 0.846. The van der Waals surface area contributed by atoms with Crippen LogP contribution in [-0.4, -0.2) is 83.9 Å². The Morgan fingerprint density at radius 2 is 1.56 bits per heavy atom. The van der Waals surface area contributed by atoms with E-state index in [9.17, 15) is 28.0 Å². The van der Waals surface area contributed by atoms with E-state index in [1.807, 2.05) is 0 Å². The minimum Gasteiger partial charge on any atom is -0.748 e. The summed E-state index contributed by atoms with van der Waals surface area (Å²) in [7, 11) is -4.58. The Labute approximate surface area is 241 Å². The molecule has 0 aromatic carbocycles. The number of carbonyl (C=O) groups excluding carboxylic acids is 1.